The van der Waals surface area contributed by atoms with Crippen molar-refractivity contribution in [1.29, 1.82) is 0 Å². The van der Waals surface area contributed by atoms with Crippen molar-refractivity contribution in [3.05, 3.63) is 54.1 Å². The van der Waals surface area contributed by atoms with Gasteiger partial charge in [-0.1, -0.05) is 0 Å². The SMILES string of the molecule is O=C1CCCN(C(=O)C2CCCN2S(=O)(=O)c2ccc(F)cc2)CCCNC(=O)c2ncccc2OCCN1. The van der Waals surface area contributed by atoms with Crippen LogP contribution in [-0.4, -0.2) is 85.7 Å². The van der Waals surface area contributed by atoms with Crippen LogP contribution in [0, 0.1) is 5.82 Å². The highest BCUT2D eigenvalue weighted by Gasteiger charge is 2.41. The Kier molecular flexibility index (Phi) is 9.46. The number of aromatic nitrogens is 1. The van der Waals surface area contributed by atoms with E-state index in [4.69, 9.17) is 4.74 Å². The summed E-state index contributed by atoms with van der Waals surface area (Å²) >= 11 is 0. The number of benzene rings is 1. The summed E-state index contributed by atoms with van der Waals surface area (Å²) in [5.41, 5.74) is 0.122. The molecule has 0 spiro atoms. The quantitative estimate of drug-likeness (QED) is 0.576. The van der Waals surface area contributed by atoms with Crippen LogP contribution in [0.4, 0.5) is 4.39 Å². The fraction of sp³-hybridized carbons (Fsp3) is 0.462. The van der Waals surface area contributed by atoms with Crippen molar-refractivity contribution in [3.8, 4) is 5.75 Å². The van der Waals surface area contributed by atoms with Crippen LogP contribution >= 0.6 is 0 Å². The smallest absolute Gasteiger partial charge is 0.273 e. The lowest BCUT2D eigenvalue weighted by Gasteiger charge is -2.30. The average molecular weight is 562 g/mol. The highest BCUT2D eigenvalue weighted by molar-refractivity contribution is 7.89. The molecule has 2 N–H and O–H groups in total. The van der Waals surface area contributed by atoms with E-state index in [1.807, 2.05) is 0 Å². The first-order valence-corrected chi connectivity index (χ1v) is 14.4. The lowest BCUT2D eigenvalue weighted by Crippen LogP contribution is -2.48. The van der Waals surface area contributed by atoms with Crippen molar-refractivity contribution in [1.82, 2.24) is 24.8 Å². The van der Waals surface area contributed by atoms with Crippen molar-refractivity contribution >= 4 is 27.7 Å². The fourth-order valence-electron chi connectivity index (χ4n) is 4.66. The van der Waals surface area contributed by atoms with Gasteiger partial charge in [0.15, 0.2) is 11.4 Å². The summed E-state index contributed by atoms with van der Waals surface area (Å²) in [7, 11) is -4.01. The Balaban J connectivity index is 1.48. The molecule has 3 heterocycles. The minimum absolute atomic E-state index is 0.0751. The molecule has 1 aromatic heterocycles. The minimum atomic E-state index is -4.01. The molecule has 0 radical (unpaired) electrons. The second kappa shape index (κ2) is 13.0. The number of carbonyl (C=O) groups is 3. The van der Waals surface area contributed by atoms with Crippen molar-refractivity contribution in [2.75, 3.05) is 39.3 Å². The number of hydrogen-bond donors (Lipinski definition) is 2. The lowest BCUT2D eigenvalue weighted by molar-refractivity contribution is -0.135. The molecule has 1 atom stereocenters. The van der Waals surface area contributed by atoms with E-state index in [0.717, 1.165) is 12.1 Å². The first-order valence-electron chi connectivity index (χ1n) is 13.0. The molecule has 1 saturated heterocycles. The Bertz CT molecular complexity index is 1290. The summed E-state index contributed by atoms with van der Waals surface area (Å²) in [5, 5.41) is 5.54. The Hall–Kier alpha value is -3.58. The molecule has 39 heavy (non-hydrogen) atoms. The number of ether oxygens (including phenoxy) is 1. The van der Waals surface area contributed by atoms with Gasteiger partial charge in [0.2, 0.25) is 21.8 Å². The molecule has 0 bridgehead atoms. The van der Waals surface area contributed by atoms with E-state index >= 15 is 0 Å². The third-order valence-electron chi connectivity index (χ3n) is 6.61. The summed E-state index contributed by atoms with van der Waals surface area (Å²) in [6.45, 7) is 1.33. The molecule has 3 amide bonds. The zero-order valence-electron chi connectivity index (χ0n) is 21.5. The topological polar surface area (TPSA) is 138 Å². The monoisotopic (exact) mass is 561 g/mol. The van der Waals surface area contributed by atoms with Gasteiger partial charge in [0.1, 0.15) is 18.5 Å². The number of nitrogens with one attached hydrogen (secondary N) is 2. The molecule has 210 valence electrons. The molecule has 11 nitrogen and oxygen atoms in total. The van der Waals surface area contributed by atoms with Gasteiger partial charge >= 0.3 is 0 Å². The van der Waals surface area contributed by atoms with Gasteiger partial charge in [-0.15, -0.1) is 0 Å². The maximum Gasteiger partial charge on any atom is 0.273 e. The Labute approximate surface area is 226 Å². The van der Waals surface area contributed by atoms with Crippen LogP contribution in [-0.2, 0) is 19.6 Å². The molecule has 1 aromatic carbocycles. The first kappa shape index (κ1) is 28.4. The van der Waals surface area contributed by atoms with Gasteiger partial charge in [0.05, 0.1) is 11.4 Å². The molecule has 4 rings (SSSR count). The average Bonchev–Trinajstić information content (AvgIpc) is 3.43. The van der Waals surface area contributed by atoms with Gasteiger partial charge in [-0.25, -0.2) is 17.8 Å². The normalized spacial score (nSPS) is 20.4. The third-order valence-corrected chi connectivity index (χ3v) is 8.53. The predicted molar refractivity (Wildman–Crippen MR) is 139 cm³/mol. The van der Waals surface area contributed by atoms with Crippen LogP contribution in [0.5, 0.6) is 5.75 Å². The largest absolute Gasteiger partial charge is 0.489 e. The van der Waals surface area contributed by atoms with Crippen LogP contribution < -0.4 is 15.4 Å². The van der Waals surface area contributed by atoms with E-state index in [1.165, 1.54) is 22.6 Å². The minimum Gasteiger partial charge on any atom is -0.489 e. The van der Waals surface area contributed by atoms with Gasteiger partial charge < -0.3 is 20.3 Å². The second-order valence-corrected chi connectivity index (χ2v) is 11.2. The fourth-order valence-corrected chi connectivity index (χ4v) is 6.31. The summed E-state index contributed by atoms with van der Waals surface area (Å²) in [6.07, 6.45) is 3.32. The third kappa shape index (κ3) is 7.09. The molecular weight excluding hydrogens is 529 g/mol. The van der Waals surface area contributed by atoms with Crippen LogP contribution in [0.15, 0.2) is 47.5 Å². The van der Waals surface area contributed by atoms with Crippen molar-refractivity contribution < 1.29 is 31.9 Å². The molecular formula is C26H32FN5O6S. The van der Waals surface area contributed by atoms with Crippen LogP contribution in [0.25, 0.3) is 0 Å². The maximum absolute atomic E-state index is 13.6. The molecule has 0 aliphatic carbocycles. The lowest BCUT2D eigenvalue weighted by atomic mass is 10.1. The molecule has 2 aliphatic heterocycles. The Morgan fingerprint density at radius 2 is 1.77 bits per heavy atom. The number of rotatable bonds is 3. The number of halogens is 1. The molecule has 2 aromatic rings. The second-order valence-electron chi connectivity index (χ2n) is 9.31. The van der Waals surface area contributed by atoms with E-state index in [9.17, 15) is 27.2 Å². The molecule has 1 unspecified atom stereocenters. The number of pyridine rings is 1. The first-order chi connectivity index (χ1) is 18.8. The number of carbonyl (C=O) groups excluding carboxylic acids is 3. The van der Waals surface area contributed by atoms with Crippen molar-refractivity contribution in [2.24, 2.45) is 0 Å². The predicted octanol–water partition coefficient (Wildman–Crippen LogP) is 1.31. The van der Waals surface area contributed by atoms with E-state index in [-0.39, 0.29) is 68.2 Å². The number of sulfonamides is 1. The summed E-state index contributed by atoms with van der Waals surface area (Å²) in [4.78, 5) is 44.2. The number of fused-ring (bicyclic) bond motifs is 1. The van der Waals surface area contributed by atoms with Crippen molar-refractivity contribution in [2.45, 2.75) is 43.0 Å². The van der Waals surface area contributed by atoms with Crippen LogP contribution in [0.1, 0.15) is 42.6 Å². The molecule has 13 heteroatoms. The zero-order chi connectivity index (χ0) is 27.8. The van der Waals surface area contributed by atoms with E-state index in [1.54, 1.807) is 17.0 Å². The van der Waals surface area contributed by atoms with E-state index in [0.29, 0.717) is 31.4 Å². The van der Waals surface area contributed by atoms with Gasteiger partial charge in [-0.2, -0.15) is 4.31 Å². The number of hydrogen-bond acceptors (Lipinski definition) is 7. The van der Waals surface area contributed by atoms with Crippen molar-refractivity contribution in [3.63, 3.8) is 0 Å². The molecule has 1 fully saturated rings. The highest BCUT2D eigenvalue weighted by Crippen LogP contribution is 2.28. The maximum atomic E-state index is 13.6. The zero-order valence-corrected chi connectivity index (χ0v) is 22.3. The molecule has 0 saturated carbocycles. The highest BCUT2D eigenvalue weighted by atomic mass is 32.2. The van der Waals surface area contributed by atoms with Gasteiger partial charge in [0, 0.05) is 38.8 Å². The van der Waals surface area contributed by atoms with Gasteiger partial charge in [0.25, 0.3) is 5.91 Å². The molecule has 2 aliphatic rings. The van der Waals surface area contributed by atoms with Gasteiger partial charge in [-0.05, 0) is 62.1 Å². The summed E-state index contributed by atoms with van der Waals surface area (Å²) in [5.74, 6) is -1.23. The van der Waals surface area contributed by atoms with Crippen LogP contribution in [0.2, 0.25) is 0 Å². The van der Waals surface area contributed by atoms with Crippen LogP contribution in [0.3, 0.4) is 0 Å². The summed E-state index contributed by atoms with van der Waals surface area (Å²) in [6, 6.07) is 6.90. The number of amides is 3. The Morgan fingerprint density at radius 3 is 2.56 bits per heavy atom. The standard InChI is InChI=1S/C26H32FN5O6S/c27-19-8-10-20(11-9-19)39(36,37)32-17-2-5-21(32)26(35)31-15-3-7-23(33)28-14-18-38-22-6-1-12-29-24(22)25(34)30-13-4-16-31/h1,6,8-12,21H,2-5,7,13-18H2,(H,28,33)(H,30,34). The Morgan fingerprint density at radius 1 is 1.00 bits per heavy atom. The van der Waals surface area contributed by atoms with E-state index < -0.39 is 27.8 Å². The summed E-state index contributed by atoms with van der Waals surface area (Å²) < 4.78 is 46.7. The van der Waals surface area contributed by atoms with E-state index in [2.05, 4.69) is 15.6 Å². The van der Waals surface area contributed by atoms with Gasteiger partial charge in [-0.3, -0.25) is 14.4 Å². The number of nitrogens with zero attached hydrogens (tertiary/aromatic N) is 3.